The highest BCUT2D eigenvalue weighted by molar-refractivity contribution is 5.05. The van der Waals surface area contributed by atoms with Gasteiger partial charge in [-0.2, -0.15) is 0 Å². The van der Waals surface area contributed by atoms with Crippen molar-refractivity contribution in [3.8, 4) is 0 Å². The van der Waals surface area contributed by atoms with Crippen molar-refractivity contribution in [3.05, 3.63) is 30.1 Å². The second-order valence-electron chi connectivity index (χ2n) is 4.71. The third-order valence-corrected chi connectivity index (χ3v) is 3.13. The van der Waals surface area contributed by atoms with Crippen LogP contribution in [0.4, 0.5) is 0 Å². The molecule has 1 saturated heterocycles. The molecule has 0 aromatic carbocycles. The van der Waals surface area contributed by atoms with E-state index in [0.29, 0.717) is 0 Å². The third kappa shape index (κ3) is 2.19. The van der Waals surface area contributed by atoms with Gasteiger partial charge in [-0.25, -0.2) is 0 Å². The van der Waals surface area contributed by atoms with Gasteiger partial charge in [0.15, 0.2) is 0 Å². The number of hydrogen-bond donors (Lipinski definition) is 0. The van der Waals surface area contributed by atoms with Gasteiger partial charge in [-0.05, 0) is 33.0 Å². The molecule has 1 aliphatic rings. The summed E-state index contributed by atoms with van der Waals surface area (Å²) in [6, 6.07) is 6.00. The van der Waals surface area contributed by atoms with Gasteiger partial charge in [0.05, 0.1) is 6.61 Å². The molecular weight excluding hydrogens is 188 g/mol. The van der Waals surface area contributed by atoms with Crippen molar-refractivity contribution in [1.29, 1.82) is 0 Å². The van der Waals surface area contributed by atoms with E-state index >= 15 is 0 Å². The summed E-state index contributed by atoms with van der Waals surface area (Å²) in [6.45, 7) is 5.19. The first-order chi connectivity index (χ1) is 7.09. The van der Waals surface area contributed by atoms with Gasteiger partial charge in [0.1, 0.15) is 6.23 Å². The van der Waals surface area contributed by atoms with E-state index in [1.165, 1.54) is 0 Å². The highest BCUT2D eigenvalue weighted by atomic mass is 16.5. The number of pyridine rings is 1. The topological polar surface area (TPSA) is 25.4 Å². The van der Waals surface area contributed by atoms with E-state index in [9.17, 15) is 0 Å². The largest absolute Gasteiger partial charge is 0.361 e. The van der Waals surface area contributed by atoms with E-state index in [0.717, 1.165) is 18.7 Å². The normalized spacial score (nSPS) is 25.7. The van der Waals surface area contributed by atoms with Gasteiger partial charge in [-0.3, -0.25) is 9.88 Å². The average molecular weight is 206 g/mol. The minimum absolute atomic E-state index is 0.138. The molecule has 0 N–H and O–H groups in total. The molecule has 3 heteroatoms. The van der Waals surface area contributed by atoms with Crippen LogP contribution in [0.3, 0.4) is 0 Å². The second kappa shape index (κ2) is 3.91. The molecule has 1 fully saturated rings. The monoisotopic (exact) mass is 206 g/mol. The first-order valence-electron chi connectivity index (χ1n) is 5.34. The van der Waals surface area contributed by atoms with Crippen LogP contribution in [0.1, 0.15) is 19.5 Å². The molecule has 0 radical (unpaired) electrons. The SMILES string of the molecule is CN1C(Cc2ccccn2)OCC1(C)C. The Morgan fingerprint density at radius 3 is 2.87 bits per heavy atom. The number of ether oxygens (including phenoxy) is 1. The summed E-state index contributed by atoms with van der Waals surface area (Å²) in [6.07, 6.45) is 2.85. The molecule has 0 spiro atoms. The number of hydrogen-bond acceptors (Lipinski definition) is 3. The van der Waals surface area contributed by atoms with E-state index in [4.69, 9.17) is 4.74 Å². The van der Waals surface area contributed by atoms with Crippen LogP contribution in [0.15, 0.2) is 24.4 Å². The maximum atomic E-state index is 5.77. The van der Waals surface area contributed by atoms with Crippen LogP contribution in [0, 0.1) is 0 Å². The summed E-state index contributed by atoms with van der Waals surface area (Å²) in [5.41, 5.74) is 1.23. The van der Waals surface area contributed by atoms with Crippen molar-refractivity contribution < 1.29 is 4.74 Å². The van der Waals surface area contributed by atoms with Crippen LogP contribution in [0.25, 0.3) is 0 Å². The summed E-state index contributed by atoms with van der Waals surface area (Å²) < 4.78 is 5.77. The summed E-state index contributed by atoms with van der Waals surface area (Å²) >= 11 is 0. The summed E-state index contributed by atoms with van der Waals surface area (Å²) in [5.74, 6) is 0. The number of rotatable bonds is 2. The van der Waals surface area contributed by atoms with Crippen molar-refractivity contribution in [2.45, 2.75) is 32.0 Å². The lowest BCUT2D eigenvalue weighted by molar-refractivity contribution is 0.0408. The summed E-state index contributed by atoms with van der Waals surface area (Å²) in [7, 11) is 2.11. The van der Waals surface area contributed by atoms with Gasteiger partial charge in [0.2, 0.25) is 0 Å². The maximum Gasteiger partial charge on any atom is 0.116 e. The maximum absolute atomic E-state index is 5.77. The molecule has 82 valence electrons. The zero-order valence-electron chi connectivity index (χ0n) is 9.60. The van der Waals surface area contributed by atoms with Crippen molar-refractivity contribution in [2.24, 2.45) is 0 Å². The first kappa shape index (κ1) is 10.6. The highest BCUT2D eigenvalue weighted by Gasteiger charge is 2.37. The van der Waals surface area contributed by atoms with Gasteiger partial charge in [0.25, 0.3) is 0 Å². The Morgan fingerprint density at radius 2 is 2.33 bits per heavy atom. The van der Waals surface area contributed by atoms with Gasteiger partial charge < -0.3 is 4.74 Å². The molecule has 1 aliphatic heterocycles. The van der Waals surface area contributed by atoms with Crippen molar-refractivity contribution in [3.63, 3.8) is 0 Å². The summed E-state index contributed by atoms with van der Waals surface area (Å²) in [5, 5.41) is 0. The fourth-order valence-corrected chi connectivity index (χ4v) is 1.80. The standard InChI is InChI=1S/C12H18N2O/c1-12(2)9-15-11(14(12)3)8-10-6-4-5-7-13-10/h4-7,11H,8-9H2,1-3H3. The molecule has 2 rings (SSSR count). The molecule has 0 amide bonds. The molecule has 0 bridgehead atoms. The molecular formula is C12H18N2O. The Balaban J connectivity index is 2.03. The van der Waals surface area contributed by atoms with Gasteiger partial charge in [0, 0.05) is 23.9 Å². The molecule has 0 aliphatic carbocycles. The zero-order chi connectivity index (χ0) is 10.9. The minimum Gasteiger partial charge on any atom is -0.361 e. The number of aromatic nitrogens is 1. The fourth-order valence-electron chi connectivity index (χ4n) is 1.80. The number of likely N-dealkylation sites (N-methyl/N-ethyl adjacent to an activating group) is 1. The van der Waals surface area contributed by atoms with Gasteiger partial charge in [-0.15, -0.1) is 0 Å². The molecule has 1 atom stereocenters. The van der Waals surface area contributed by atoms with E-state index in [-0.39, 0.29) is 11.8 Å². The Morgan fingerprint density at radius 1 is 1.53 bits per heavy atom. The molecule has 0 saturated carbocycles. The van der Waals surface area contributed by atoms with Crippen LogP contribution in [0.2, 0.25) is 0 Å². The van der Waals surface area contributed by atoms with Gasteiger partial charge in [-0.1, -0.05) is 6.07 Å². The molecule has 1 aromatic rings. The van der Waals surface area contributed by atoms with Crippen LogP contribution in [0.5, 0.6) is 0 Å². The Bertz CT molecular complexity index is 324. The predicted octanol–water partition coefficient (Wildman–Crippen LogP) is 1.69. The lowest BCUT2D eigenvalue weighted by Crippen LogP contribution is -2.41. The summed E-state index contributed by atoms with van der Waals surface area (Å²) in [4.78, 5) is 6.60. The zero-order valence-corrected chi connectivity index (χ0v) is 9.60. The smallest absolute Gasteiger partial charge is 0.116 e. The van der Waals surface area contributed by atoms with Crippen LogP contribution in [-0.2, 0) is 11.2 Å². The minimum atomic E-state index is 0.138. The number of nitrogens with zero attached hydrogens (tertiary/aromatic N) is 2. The molecule has 2 heterocycles. The molecule has 1 unspecified atom stereocenters. The van der Waals surface area contributed by atoms with Gasteiger partial charge >= 0.3 is 0 Å². The Kier molecular flexibility index (Phi) is 2.76. The second-order valence-corrected chi connectivity index (χ2v) is 4.71. The average Bonchev–Trinajstić information content (AvgIpc) is 2.47. The van der Waals surface area contributed by atoms with E-state index in [2.05, 4.69) is 30.8 Å². The molecule has 3 nitrogen and oxygen atoms in total. The lowest BCUT2D eigenvalue weighted by Gasteiger charge is -2.28. The predicted molar refractivity (Wildman–Crippen MR) is 59.5 cm³/mol. The van der Waals surface area contributed by atoms with Crippen LogP contribution >= 0.6 is 0 Å². The Hall–Kier alpha value is -0.930. The van der Waals surface area contributed by atoms with Crippen molar-refractivity contribution >= 4 is 0 Å². The van der Waals surface area contributed by atoms with E-state index in [1.54, 1.807) is 0 Å². The third-order valence-electron chi connectivity index (χ3n) is 3.13. The van der Waals surface area contributed by atoms with Crippen LogP contribution in [-0.4, -0.2) is 35.3 Å². The first-order valence-corrected chi connectivity index (χ1v) is 5.34. The van der Waals surface area contributed by atoms with E-state index < -0.39 is 0 Å². The van der Waals surface area contributed by atoms with Crippen molar-refractivity contribution in [1.82, 2.24) is 9.88 Å². The molecule has 1 aromatic heterocycles. The quantitative estimate of drug-likeness (QED) is 0.736. The Labute approximate surface area is 91.1 Å². The van der Waals surface area contributed by atoms with Crippen LogP contribution < -0.4 is 0 Å². The fraction of sp³-hybridized carbons (Fsp3) is 0.583. The highest BCUT2D eigenvalue weighted by Crippen LogP contribution is 2.26. The lowest BCUT2D eigenvalue weighted by atomic mass is 10.1. The molecule has 15 heavy (non-hydrogen) atoms. The van der Waals surface area contributed by atoms with Crippen molar-refractivity contribution in [2.75, 3.05) is 13.7 Å². The van der Waals surface area contributed by atoms with E-state index in [1.807, 2.05) is 24.4 Å².